The highest BCUT2D eigenvalue weighted by Gasteiger charge is 2.40. The van der Waals surface area contributed by atoms with Gasteiger partial charge in [-0.3, -0.25) is 0 Å². The first-order chi connectivity index (χ1) is 12.3. The summed E-state index contributed by atoms with van der Waals surface area (Å²) >= 11 is 0. The van der Waals surface area contributed by atoms with Crippen LogP contribution in [-0.4, -0.2) is 36.4 Å². The molecule has 0 N–H and O–H groups in total. The second kappa shape index (κ2) is 7.86. The average molecular weight is 381 g/mol. The van der Waals surface area contributed by atoms with Crippen molar-refractivity contribution in [1.82, 2.24) is 4.90 Å². The lowest BCUT2D eigenvalue weighted by Gasteiger charge is -2.37. The van der Waals surface area contributed by atoms with E-state index >= 15 is 0 Å². The smallest absolute Gasteiger partial charge is 0.306 e. The van der Waals surface area contributed by atoms with Crippen molar-refractivity contribution in [1.29, 1.82) is 0 Å². The molecule has 1 nitrogen and oxygen atoms in total. The highest BCUT2D eigenvalue weighted by atomic mass is 31.1. The summed E-state index contributed by atoms with van der Waals surface area (Å²) < 4.78 is 38.9. The van der Waals surface area contributed by atoms with Gasteiger partial charge in [0.25, 0.3) is 0 Å². The Hall–Kier alpha value is -1.12. The third-order valence-corrected chi connectivity index (χ3v) is 9.10. The van der Waals surface area contributed by atoms with Crippen molar-refractivity contribution in [3.63, 3.8) is 0 Å². The molecule has 0 aliphatic heterocycles. The zero-order valence-electron chi connectivity index (χ0n) is 15.6. The van der Waals surface area contributed by atoms with Gasteiger partial charge in [0.2, 0.25) is 0 Å². The van der Waals surface area contributed by atoms with E-state index in [1.807, 2.05) is 0 Å². The first-order valence-corrected chi connectivity index (χ1v) is 10.7. The molecule has 0 bridgehead atoms. The van der Waals surface area contributed by atoms with Crippen molar-refractivity contribution in [2.24, 2.45) is 5.92 Å². The third-order valence-electron chi connectivity index (χ3n) is 5.86. The largest absolute Gasteiger partial charge is 0.416 e. The van der Waals surface area contributed by atoms with E-state index in [4.69, 9.17) is 0 Å². The fraction of sp³-hybridized carbons (Fsp3) is 0.524. The molecule has 4 atom stereocenters. The van der Waals surface area contributed by atoms with Crippen LogP contribution in [0.15, 0.2) is 48.6 Å². The molecule has 1 aromatic carbocycles. The lowest BCUT2D eigenvalue weighted by molar-refractivity contribution is -0.137. The maximum Gasteiger partial charge on any atom is 0.416 e. The summed E-state index contributed by atoms with van der Waals surface area (Å²) in [6, 6.07) is 6.45. The van der Waals surface area contributed by atoms with Crippen molar-refractivity contribution in [3.05, 3.63) is 54.1 Å². The standard InChI is InChI=1S/C21H27F3NP/c1-15(25(2)3)19-9-6-10-20(19)26(17-7-4-5-8-17)18-13-11-16(12-14-18)21(22,23)24/h4-5,7-8,11-15,17,19-20H,6,9-10H2,1-3H3/t15-,19+,20?,26?/m1/s1. The second-order valence-electron chi connectivity index (χ2n) is 7.58. The molecule has 1 aromatic rings. The molecular weight excluding hydrogens is 354 g/mol. The van der Waals surface area contributed by atoms with E-state index in [1.54, 1.807) is 12.1 Å². The SMILES string of the molecule is C[C@H]([C@@H]1CCCC1P(c1ccc(C(F)(F)F)cc1)C1C=CC=C1)N(C)C. The first-order valence-electron chi connectivity index (χ1n) is 9.26. The van der Waals surface area contributed by atoms with Gasteiger partial charge in [-0.1, -0.05) is 50.8 Å². The summed E-state index contributed by atoms with van der Waals surface area (Å²) in [5.74, 6) is 0.598. The normalized spacial score (nSPS) is 26.0. The lowest BCUT2D eigenvalue weighted by Crippen LogP contribution is -2.37. The Balaban J connectivity index is 1.93. The van der Waals surface area contributed by atoms with Crippen LogP contribution in [0.5, 0.6) is 0 Å². The van der Waals surface area contributed by atoms with Gasteiger partial charge in [0, 0.05) is 11.7 Å². The van der Waals surface area contributed by atoms with E-state index in [0.717, 1.165) is 5.30 Å². The number of alkyl halides is 3. The highest BCUT2D eigenvalue weighted by molar-refractivity contribution is 7.67. The monoisotopic (exact) mass is 381 g/mol. The van der Waals surface area contributed by atoms with E-state index in [-0.39, 0.29) is 0 Å². The van der Waals surface area contributed by atoms with Crippen LogP contribution in [0.1, 0.15) is 31.7 Å². The second-order valence-corrected chi connectivity index (χ2v) is 10.2. The van der Waals surface area contributed by atoms with Crippen LogP contribution >= 0.6 is 7.92 Å². The summed E-state index contributed by atoms with van der Waals surface area (Å²) in [6.07, 6.45) is 7.92. The minimum atomic E-state index is -4.27. The van der Waals surface area contributed by atoms with Gasteiger partial charge in [-0.2, -0.15) is 13.2 Å². The molecule has 2 unspecified atom stereocenters. The molecule has 0 amide bonds. The molecule has 26 heavy (non-hydrogen) atoms. The molecule has 2 aliphatic carbocycles. The Kier molecular flexibility index (Phi) is 5.94. The number of nitrogens with zero attached hydrogens (tertiary/aromatic N) is 1. The van der Waals surface area contributed by atoms with Gasteiger partial charge in [-0.05, 0) is 62.9 Å². The maximum absolute atomic E-state index is 13.0. The number of hydrogen-bond donors (Lipinski definition) is 0. The van der Waals surface area contributed by atoms with Crippen LogP contribution in [0.4, 0.5) is 13.2 Å². The lowest BCUT2D eigenvalue weighted by atomic mass is 9.98. The minimum absolute atomic E-state index is 0.335. The molecule has 1 saturated carbocycles. The molecule has 5 heteroatoms. The Morgan fingerprint density at radius 1 is 1.04 bits per heavy atom. The quantitative estimate of drug-likeness (QED) is 0.615. The van der Waals surface area contributed by atoms with Crippen LogP contribution in [0, 0.1) is 5.92 Å². The van der Waals surface area contributed by atoms with Gasteiger partial charge in [0.05, 0.1) is 5.56 Å². The summed E-state index contributed by atoms with van der Waals surface area (Å²) in [5.41, 5.74) is 0.330. The number of allylic oxidation sites excluding steroid dienone is 4. The van der Waals surface area contributed by atoms with E-state index in [2.05, 4.69) is 50.2 Å². The van der Waals surface area contributed by atoms with E-state index in [0.29, 0.717) is 23.3 Å². The van der Waals surface area contributed by atoms with Crippen molar-refractivity contribution in [2.45, 2.75) is 49.7 Å². The van der Waals surface area contributed by atoms with E-state index in [1.165, 1.54) is 31.4 Å². The number of benzene rings is 1. The Labute approximate surface area is 155 Å². The molecule has 1 fully saturated rings. The van der Waals surface area contributed by atoms with Crippen LogP contribution in [-0.2, 0) is 6.18 Å². The van der Waals surface area contributed by atoms with Gasteiger partial charge in [-0.25, -0.2) is 0 Å². The van der Waals surface area contributed by atoms with Crippen LogP contribution in [0.25, 0.3) is 0 Å². The van der Waals surface area contributed by atoms with Crippen LogP contribution in [0.2, 0.25) is 0 Å². The van der Waals surface area contributed by atoms with Gasteiger partial charge in [0.1, 0.15) is 0 Å². The molecule has 0 aromatic heterocycles. The molecule has 3 rings (SSSR count). The molecule has 142 valence electrons. The molecule has 0 radical (unpaired) electrons. The summed E-state index contributed by atoms with van der Waals surface area (Å²) in [5, 5.41) is 1.09. The predicted octanol–water partition coefficient (Wildman–Crippen LogP) is 5.43. The van der Waals surface area contributed by atoms with Gasteiger partial charge in [-0.15, -0.1) is 0 Å². The van der Waals surface area contributed by atoms with Gasteiger partial charge in [0.15, 0.2) is 0 Å². The van der Waals surface area contributed by atoms with E-state index < -0.39 is 19.7 Å². The Morgan fingerprint density at radius 2 is 1.65 bits per heavy atom. The van der Waals surface area contributed by atoms with Crippen molar-refractivity contribution < 1.29 is 13.2 Å². The fourth-order valence-electron chi connectivity index (χ4n) is 4.27. The number of halogens is 3. The summed E-state index contributed by atoms with van der Waals surface area (Å²) in [4.78, 5) is 2.28. The summed E-state index contributed by atoms with van der Waals surface area (Å²) in [7, 11) is 3.67. The Bertz CT molecular complexity index is 651. The maximum atomic E-state index is 13.0. The van der Waals surface area contributed by atoms with E-state index in [9.17, 15) is 13.2 Å². The van der Waals surface area contributed by atoms with Gasteiger partial charge >= 0.3 is 6.18 Å². The third kappa shape index (κ3) is 4.07. The van der Waals surface area contributed by atoms with Crippen LogP contribution in [0.3, 0.4) is 0 Å². The zero-order valence-corrected chi connectivity index (χ0v) is 16.5. The van der Waals surface area contributed by atoms with Crippen molar-refractivity contribution in [3.8, 4) is 0 Å². The Morgan fingerprint density at radius 3 is 2.19 bits per heavy atom. The first kappa shape index (κ1) is 19.6. The summed E-state index contributed by atoms with van der Waals surface area (Å²) in [6.45, 7) is 2.28. The molecule has 0 heterocycles. The fourth-order valence-corrected chi connectivity index (χ4v) is 7.78. The topological polar surface area (TPSA) is 3.24 Å². The van der Waals surface area contributed by atoms with Gasteiger partial charge < -0.3 is 4.90 Å². The average Bonchev–Trinajstić information content (AvgIpc) is 3.26. The zero-order chi connectivity index (χ0) is 18.9. The molecule has 0 spiro atoms. The number of rotatable bonds is 5. The predicted molar refractivity (Wildman–Crippen MR) is 104 cm³/mol. The molecule has 2 aliphatic rings. The molecule has 0 saturated heterocycles. The van der Waals surface area contributed by atoms with Crippen molar-refractivity contribution >= 4 is 13.2 Å². The van der Waals surface area contributed by atoms with Crippen LogP contribution < -0.4 is 5.30 Å². The number of hydrogen-bond acceptors (Lipinski definition) is 1. The van der Waals surface area contributed by atoms with Crippen molar-refractivity contribution in [2.75, 3.05) is 14.1 Å². The highest BCUT2D eigenvalue weighted by Crippen LogP contribution is 2.56. The minimum Gasteiger partial charge on any atom is -0.306 e. The molecular formula is C21H27F3NP.